The summed E-state index contributed by atoms with van der Waals surface area (Å²) in [4.78, 5) is 116. The third-order valence-electron chi connectivity index (χ3n) is 10.4. The van der Waals surface area contributed by atoms with Gasteiger partial charge in [-0.3, -0.25) is 48.5 Å². The van der Waals surface area contributed by atoms with Crippen molar-refractivity contribution in [2.75, 3.05) is 37.7 Å². The zero-order valence-corrected chi connectivity index (χ0v) is 35.7. The Morgan fingerprint density at radius 3 is 1.90 bits per heavy atom. The summed E-state index contributed by atoms with van der Waals surface area (Å²) in [7, 11) is 0. The summed E-state index contributed by atoms with van der Waals surface area (Å²) < 4.78 is 0. The van der Waals surface area contributed by atoms with Gasteiger partial charge in [-0.25, -0.2) is 0 Å². The molecule has 2 amide bonds. The van der Waals surface area contributed by atoms with E-state index in [9.17, 15) is 63.6 Å². The minimum Gasteiger partial charge on any atom is -0.481 e. The third kappa shape index (κ3) is 21.9. The van der Waals surface area contributed by atoms with Crippen LogP contribution in [0.3, 0.4) is 0 Å². The number of ketones is 4. The number of aliphatic hydroxyl groups excluding tert-OH is 1. The Balaban J connectivity index is 3.57. The van der Waals surface area contributed by atoms with Crippen molar-refractivity contribution in [2.24, 2.45) is 17.8 Å². The molecule has 1 heterocycles. The van der Waals surface area contributed by atoms with Crippen molar-refractivity contribution in [1.82, 2.24) is 26.6 Å². The van der Waals surface area contributed by atoms with Crippen molar-refractivity contribution in [3.8, 4) is 0 Å². The van der Waals surface area contributed by atoms with Crippen LogP contribution < -0.4 is 26.6 Å². The zero-order chi connectivity index (χ0) is 44.5. The Hall–Kier alpha value is -3.78. The predicted molar refractivity (Wildman–Crippen MR) is 220 cm³/mol. The molecule has 1 rings (SSSR count). The minimum absolute atomic E-state index is 0.0140. The average molecular weight is 858 g/mol. The number of thioether (sulfide) groups is 1. The summed E-state index contributed by atoms with van der Waals surface area (Å²) in [5.41, 5.74) is 0. The number of hydrogen-bond acceptors (Lipinski definition) is 14. The van der Waals surface area contributed by atoms with Crippen LogP contribution in [-0.4, -0.2) is 141 Å². The first-order chi connectivity index (χ1) is 27.9. The number of amides is 2. The Morgan fingerprint density at radius 2 is 1.34 bits per heavy atom. The standard InChI is InChI=1S/C40H67N5O13S/c1-5-8-9-28-32(48)18-26(20-37(55)56)34(50)22-44-30(12-15-36(53)54)39(57)45-38(24(4)46)40(58)42-17-16-41-29(11-14-35(51)52)33(49)19-27(23-59-7-3)31(47)13-10-25(6-2)21-43-28/h24-30,38,41,43-44,46H,5-23H2,1-4H3,(H,42,58)(H,45,57)(H,51,52)(H,53,54)(H,55,56)/t24-,25?,26+,27?,28?,29+,30+,38+/m1/s1. The lowest BCUT2D eigenvalue weighted by Crippen LogP contribution is -2.57. The summed E-state index contributed by atoms with van der Waals surface area (Å²) in [6.45, 7) is 6.71. The van der Waals surface area contributed by atoms with Crippen LogP contribution in [0.4, 0.5) is 0 Å². The maximum absolute atomic E-state index is 13.7. The molecule has 59 heavy (non-hydrogen) atoms. The number of Topliss-reactive ketones (excluding diaryl/α,β-unsaturated/α-hetero) is 4. The number of unbranched alkanes of at least 4 members (excludes halogenated alkanes) is 1. The molecule has 19 heteroatoms. The van der Waals surface area contributed by atoms with E-state index in [-0.39, 0.29) is 68.5 Å². The van der Waals surface area contributed by atoms with Gasteiger partial charge in [-0.2, -0.15) is 11.8 Å². The number of carboxylic acid groups (broad SMARTS) is 3. The highest BCUT2D eigenvalue weighted by Gasteiger charge is 2.33. The summed E-state index contributed by atoms with van der Waals surface area (Å²) >= 11 is 1.51. The lowest BCUT2D eigenvalue weighted by molar-refractivity contribution is -0.141. The number of aliphatic hydroxyl groups is 1. The first-order valence-corrected chi connectivity index (χ1v) is 21.9. The van der Waals surface area contributed by atoms with Crippen molar-refractivity contribution in [3.63, 3.8) is 0 Å². The summed E-state index contributed by atoms with van der Waals surface area (Å²) in [6, 6.07) is -4.58. The fourth-order valence-electron chi connectivity index (χ4n) is 6.71. The van der Waals surface area contributed by atoms with Gasteiger partial charge in [-0.15, -0.1) is 0 Å². The maximum atomic E-state index is 13.7. The van der Waals surface area contributed by atoms with Crippen LogP contribution in [0.5, 0.6) is 0 Å². The highest BCUT2D eigenvalue weighted by Crippen LogP contribution is 2.22. The predicted octanol–water partition coefficient (Wildman–Crippen LogP) is 1.10. The van der Waals surface area contributed by atoms with E-state index in [1.807, 2.05) is 20.8 Å². The van der Waals surface area contributed by atoms with Crippen molar-refractivity contribution < 1.29 is 63.6 Å². The van der Waals surface area contributed by atoms with Crippen molar-refractivity contribution in [2.45, 2.75) is 141 Å². The number of aliphatic carboxylic acids is 3. The quantitative estimate of drug-likeness (QED) is 0.105. The van der Waals surface area contributed by atoms with Gasteiger partial charge in [0.15, 0.2) is 11.6 Å². The van der Waals surface area contributed by atoms with Crippen molar-refractivity contribution in [3.05, 3.63) is 0 Å². The lowest BCUT2D eigenvalue weighted by atomic mass is 9.88. The maximum Gasteiger partial charge on any atom is 0.304 e. The third-order valence-corrected chi connectivity index (χ3v) is 11.5. The molecule has 0 aromatic carbocycles. The fraction of sp³-hybridized carbons (Fsp3) is 0.775. The van der Waals surface area contributed by atoms with Crippen LogP contribution in [0.2, 0.25) is 0 Å². The van der Waals surface area contributed by atoms with E-state index in [1.54, 1.807) is 0 Å². The molecule has 1 aliphatic heterocycles. The fourth-order valence-corrected chi connectivity index (χ4v) is 7.53. The second-order valence-electron chi connectivity index (χ2n) is 15.2. The van der Waals surface area contributed by atoms with Gasteiger partial charge in [0.25, 0.3) is 0 Å². The van der Waals surface area contributed by atoms with E-state index in [0.717, 1.165) is 6.42 Å². The summed E-state index contributed by atoms with van der Waals surface area (Å²) in [5.74, 6) is -7.83. The van der Waals surface area contributed by atoms with E-state index in [2.05, 4.69) is 26.6 Å². The Labute approximate surface area is 350 Å². The molecular formula is C40H67N5O13S. The van der Waals surface area contributed by atoms with Crippen LogP contribution in [0, 0.1) is 17.8 Å². The van der Waals surface area contributed by atoms with E-state index < -0.39 is 103 Å². The van der Waals surface area contributed by atoms with E-state index in [4.69, 9.17) is 0 Å². The SMILES string of the molecule is CCCCC1NCC(CC)CCC(=O)C(CSCC)CC(=O)[C@H](CCC(=O)O)NCCNC(=O)[C@H]([C@@H](C)O)NC(=O)[C@H](CCC(=O)O)NCC(=O)[C@H](CC(=O)O)CC1=O. The number of carboxylic acids is 3. The van der Waals surface area contributed by atoms with Gasteiger partial charge in [0.05, 0.1) is 37.2 Å². The molecule has 0 spiro atoms. The molecule has 18 nitrogen and oxygen atoms in total. The molecular weight excluding hydrogens is 791 g/mol. The highest BCUT2D eigenvalue weighted by atomic mass is 32.2. The number of carbonyl (C=O) groups is 9. The molecule has 3 unspecified atom stereocenters. The summed E-state index contributed by atoms with van der Waals surface area (Å²) in [6.07, 6.45) is -0.762. The van der Waals surface area contributed by atoms with Gasteiger partial charge in [0.2, 0.25) is 11.8 Å². The zero-order valence-electron chi connectivity index (χ0n) is 34.9. The van der Waals surface area contributed by atoms with Crippen LogP contribution >= 0.6 is 11.8 Å². The van der Waals surface area contributed by atoms with Gasteiger partial charge >= 0.3 is 17.9 Å². The second kappa shape index (κ2) is 29.4. The van der Waals surface area contributed by atoms with Crippen molar-refractivity contribution >= 4 is 64.6 Å². The smallest absolute Gasteiger partial charge is 0.304 e. The molecule has 9 N–H and O–H groups in total. The van der Waals surface area contributed by atoms with Gasteiger partial charge in [0, 0.05) is 62.8 Å². The van der Waals surface area contributed by atoms with Crippen LogP contribution in [0.25, 0.3) is 0 Å². The monoisotopic (exact) mass is 857 g/mol. The first kappa shape index (κ1) is 53.2. The molecule has 0 aromatic heterocycles. The topological polar surface area (TPSA) is 295 Å². The molecule has 1 aliphatic rings. The number of carbonyl (C=O) groups excluding carboxylic acids is 6. The van der Waals surface area contributed by atoms with Crippen LogP contribution in [-0.2, 0) is 43.2 Å². The molecule has 1 saturated heterocycles. The molecule has 8 atom stereocenters. The van der Waals surface area contributed by atoms with Crippen LogP contribution in [0.15, 0.2) is 0 Å². The van der Waals surface area contributed by atoms with E-state index in [1.165, 1.54) is 18.7 Å². The van der Waals surface area contributed by atoms with Gasteiger partial charge in [-0.05, 0) is 50.8 Å². The molecule has 1 fully saturated rings. The molecule has 0 aliphatic carbocycles. The number of hydrogen-bond donors (Lipinski definition) is 9. The molecule has 0 saturated carbocycles. The Morgan fingerprint density at radius 1 is 0.729 bits per heavy atom. The normalized spacial score (nSPS) is 26.4. The molecule has 0 aromatic rings. The number of nitrogens with one attached hydrogen (secondary N) is 5. The molecule has 0 bridgehead atoms. The largest absolute Gasteiger partial charge is 0.481 e. The first-order valence-electron chi connectivity index (χ1n) is 20.7. The van der Waals surface area contributed by atoms with Gasteiger partial charge in [0.1, 0.15) is 17.6 Å². The second-order valence-corrected chi connectivity index (χ2v) is 16.5. The molecule has 0 radical (unpaired) electrons. The van der Waals surface area contributed by atoms with Gasteiger partial charge in [-0.1, -0.05) is 40.0 Å². The number of rotatable bonds is 16. The summed E-state index contributed by atoms with van der Waals surface area (Å²) in [5, 5.41) is 52.6. The van der Waals surface area contributed by atoms with Crippen molar-refractivity contribution in [1.29, 1.82) is 0 Å². The van der Waals surface area contributed by atoms with Gasteiger partial charge < -0.3 is 41.7 Å². The Kier molecular flexibility index (Phi) is 26.6. The molecule has 336 valence electrons. The highest BCUT2D eigenvalue weighted by molar-refractivity contribution is 7.99. The lowest BCUT2D eigenvalue weighted by Gasteiger charge is -2.26. The average Bonchev–Trinajstić information content (AvgIpc) is 3.17. The Bertz CT molecular complexity index is 1410. The van der Waals surface area contributed by atoms with E-state index in [0.29, 0.717) is 43.7 Å². The van der Waals surface area contributed by atoms with Crippen LogP contribution in [0.1, 0.15) is 111 Å². The van der Waals surface area contributed by atoms with E-state index >= 15 is 0 Å². The minimum atomic E-state index is -1.55.